The number of amides is 1. The first-order chi connectivity index (χ1) is 12.4. The number of carbonyl (C=O) groups is 1. The van der Waals surface area contributed by atoms with Crippen molar-refractivity contribution in [3.05, 3.63) is 35.9 Å². The van der Waals surface area contributed by atoms with Crippen LogP contribution in [0.3, 0.4) is 0 Å². The predicted molar refractivity (Wildman–Crippen MR) is 107 cm³/mol. The van der Waals surface area contributed by atoms with Crippen LogP contribution >= 0.6 is 0 Å². The number of allylic oxidation sites excluding steroid dienone is 2. The molecule has 2 atom stereocenters. The molecule has 4 nitrogen and oxygen atoms in total. The molecule has 1 aromatic rings. The van der Waals surface area contributed by atoms with Crippen LogP contribution in [0, 0.1) is 17.3 Å². The molecule has 1 heterocycles. The zero-order valence-electron chi connectivity index (χ0n) is 16.8. The van der Waals surface area contributed by atoms with Gasteiger partial charge in [-0.05, 0) is 44.2 Å². The Kier molecular flexibility index (Phi) is 5.31. The number of ether oxygens (including phenoxy) is 1. The number of benzene rings is 1. The first kappa shape index (κ1) is 18.8. The Morgan fingerprint density at radius 1 is 1.19 bits per heavy atom. The molecule has 0 bridgehead atoms. The quantitative estimate of drug-likeness (QED) is 0.748. The Balaban J connectivity index is 1.63. The van der Waals surface area contributed by atoms with Gasteiger partial charge in [0.25, 0.3) is 0 Å². The minimum Gasteiger partial charge on any atom is -0.492 e. The van der Waals surface area contributed by atoms with Crippen LogP contribution in [-0.2, 0) is 4.79 Å². The molecule has 1 aromatic carbocycles. The van der Waals surface area contributed by atoms with Crippen molar-refractivity contribution in [1.29, 1.82) is 0 Å². The maximum Gasteiger partial charge on any atom is 0.226 e. The molecule has 142 valence electrons. The van der Waals surface area contributed by atoms with Gasteiger partial charge in [0.05, 0.1) is 18.2 Å². The lowest BCUT2D eigenvalue weighted by molar-refractivity contribution is -0.133. The monoisotopic (exact) mass is 356 g/mol. The van der Waals surface area contributed by atoms with Gasteiger partial charge in [-0.15, -0.1) is 0 Å². The number of nitrogens with zero attached hydrogens (tertiary/aromatic N) is 2. The number of para-hydroxylation sites is 2. The second-order valence-corrected chi connectivity index (χ2v) is 8.28. The summed E-state index contributed by atoms with van der Waals surface area (Å²) in [6.45, 7) is 14.6. The highest BCUT2D eigenvalue weighted by atomic mass is 16.5. The third-order valence-corrected chi connectivity index (χ3v) is 5.79. The van der Waals surface area contributed by atoms with E-state index in [-0.39, 0.29) is 11.3 Å². The summed E-state index contributed by atoms with van der Waals surface area (Å²) < 4.78 is 5.76. The molecule has 1 aliphatic heterocycles. The van der Waals surface area contributed by atoms with Crippen LogP contribution in [-0.4, -0.2) is 43.6 Å². The van der Waals surface area contributed by atoms with E-state index in [1.54, 1.807) is 0 Å². The maximum atomic E-state index is 13.0. The van der Waals surface area contributed by atoms with E-state index in [1.165, 1.54) is 5.57 Å². The highest BCUT2D eigenvalue weighted by molar-refractivity contribution is 5.84. The first-order valence-electron chi connectivity index (χ1n) is 9.76. The van der Waals surface area contributed by atoms with Crippen LogP contribution in [0.2, 0.25) is 0 Å². The lowest BCUT2D eigenvalue weighted by Gasteiger charge is -2.37. The third-order valence-electron chi connectivity index (χ3n) is 5.79. The molecule has 2 aliphatic rings. The van der Waals surface area contributed by atoms with Gasteiger partial charge in [0.2, 0.25) is 5.91 Å². The van der Waals surface area contributed by atoms with E-state index < -0.39 is 0 Å². The summed E-state index contributed by atoms with van der Waals surface area (Å²) in [6.07, 6.45) is 2.27. The van der Waals surface area contributed by atoms with Crippen LogP contribution < -0.4 is 9.64 Å². The summed E-state index contributed by atoms with van der Waals surface area (Å²) in [4.78, 5) is 17.4. The van der Waals surface area contributed by atoms with E-state index in [2.05, 4.69) is 49.6 Å². The van der Waals surface area contributed by atoms with Crippen LogP contribution in [0.4, 0.5) is 5.69 Å². The van der Waals surface area contributed by atoms with Gasteiger partial charge >= 0.3 is 0 Å². The zero-order chi connectivity index (χ0) is 18.9. The van der Waals surface area contributed by atoms with Crippen LogP contribution in [0.5, 0.6) is 5.75 Å². The van der Waals surface area contributed by atoms with Gasteiger partial charge in [-0.2, -0.15) is 0 Å². The van der Waals surface area contributed by atoms with Crippen molar-refractivity contribution in [1.82, 2.24) is 4.90 Å². The molecule has 0 unspecified atom stereocenters. The molecular formula is C22H32N2O2. The molecule has 1 aliphatic carbocycles. The molecule has 26 heavy (non-hydrogen) atoms. The summed E-state index contributed by atoms with van der Waals surface area (Å²) in [5.41, 5.74) is 2.53. The third kappa shape index (κ3) is 3.60. The molecule has 4 heteroatoms. The number of hydrogen-bond donors (Lipinski definition) is 0. The topological polar surface area (TPSA) is 32.8 Å². The molecule has 1 saturated carbocycles. The van der Waals surface area contributed by atoms with Gasteiger partial charge in [0, 0.05) is 26.2 Å². The average Bonchev–Trinajstić information content (AvgIpc) is 3.14. The second kappa shape index (κ2) is 7.34. The van der Waals surface area contributed by atoms with Crippen molar-refractivity contribution in [3.8, 4) is 5.75 Å². The van der Waals surface area contributed by atoms with Crippen molar-refractivity contribution in [3.63, 3.8) is 0 Å². The van der Waals surface area contributed by atoms with Gasteiger partial charge in [-0.3, -0.25) is 4.79 Å². The van der Waals surface area contributed by atoms with Crippen LogP contribution in [0.15, 0.2) is 35.9 Å². The maximum absolute atomic E-state index is 13.0. The standard InChI is InChI=1S/C22H32N2O2/c1-6-26-19-10-8-7-9-18(19)23-11-13-24(14-12-23)21(25)20-17(15-16(2)3)22(20,4)5/h7-10,15,17,20H,6,11-14H2,1-5H3/t17-,20+/m0/s1. The molecule has 3 rings (SSSR count). The van der Waals surface area contributed by atoms with E-state index in [0.29, 0.717) is 18.4 Å². The smallest absolute Gasteiger partial charge is 0.226 e. The molecule has 0 radical (unpaired) electrons. The van der Waals surface area contributed by atoms with Gasteiger partial charge in [-0.25, -0.2) is 0 Å². The molecule has 0 spiro atoms. The number of hydrogen-bond acceptors (Lipinski definition) is 3. The Hall–Kier alpha value is -1.97. The Morgan fingerprint density at radius 3 is 2.46 bits per heavy atom. The van der Waals surface area contributed by atoms with Crippen LogP contribution in [0.25, 0.3) is 0 Å². The summed E-state index contributed by atoms with van der Waals surface area (Å²) in [5, 5.41) is 0. The van der Waals surface area contributed by atoms with Crippen molar-refractivity contribution in [2.45, 2.75) is 34.6 Å². The lowest BCUT2D eigenvalue weighted by atomic mass is 10.1. The van der Waals surface area contributed by atoms with E-state index in [9.17, 15) is 4.79 Å². The molecule has 0 aromatic heterocycles. The molecular weight excluding hydrogens is 324 g/mol. The first-order valence-corrected chi connectivity index (χ1v) is 9.76. The second-order valence-electron chi connectivity index (χ2n) is 8.28. The molecule has 0 N–H and O–H groups in total. The fourth-order valence-electron chi connectivity index (χ4n) is 4.18. The minimum atomic E-state index is 0.0903. The van der Waals surface area contributed by atoms with Crippen molar-refractivity contribution >= 4 is 11.6 Å². The number of carbonyl (C=O) groups excluding carboxylic acids is 1. The van der Waals surface area contributed by atoms with Crippen molar-refractivity contribution in [2.24, 2.45) is 17.3 Å². The summed E-state index contributed by atoms with van der Waals surface area (Å²) >= 11 is 0. The zero-order valence-corrected chi connectivity index (χ0v) is 16.8. The highest BCUT2D eigenvalue weighted by Gasteiger charge is 2.61. The summed E-state index contributed by atoms with van der Waals surface area (Å²) in [6, 6.07) is 8.18. The summed E-state index contributed by atoms with van der Waals surface area (Å²) in [7, 11) is 0. The molecule has 1 saturated heterocycles. The SMILES string of the molecule is CCOc1ccccc1N1CCN(C(=O)[C@H]2[C@H](C=C(C)C)C2(C)C)CC1. The molecule has 1 amide bonds. The van der Waals surface area contributed by atoms with E-state index in [1.807, 2.05) is 25.1 Å². The van der Waals surface area contributed by atoms with Gasteiger partial charge < -0.3 is 14.5 Å². The van der Waals surface area contributed by atoms with Crippen LogP contribution in [0.1, 0.15) is 34.6 Å². The number of piperazine rings is 1. The van der Waals surface area contributed by atoms with Gasteiger partial charge in [-0.1, -0.05) is 37.6 Å². The molecule has 2 fully saturated rings. The number of anilines is 1. The van der Waals surface area contributed by atoms with E-state index in [4.69, 9.17) is 4.74 Å². The Labute approximate surface area is 157 Å². The number of rotatable bonds is 5. The van der Waals surface area contributed by atoms with E-state index >= 15 is 0 Å². The van der Waals surface area contributed by atoms with Crippen molar-refractivity contribution in [2.75, 3.05) is 37.7 Å². The largest absolute Gasteiger partial charge is 0.492 e. The fourth-order valence-corrected chi connectivity index (χ4v) is 4.18. The lowest BCUT2D eigenvalue weighted by Crippen LogP contribution is -2.49. The fraction of sp³-hybridized carbons (Fsp3) is 0.591. The highest BCUT2D eigenvalue weighted by Crippen LogP contribution is 2.60. The van der Waals surface area contributed by atoms with Gasteiger partial charge in [0.1, 0.15) is 5.75 Å². The predicted octanol–water partition coefficient (Wildman–Crippen LogP) is 3.97. The van der Waals surface area contributed by atoms with E-state index in [0.717, 1.165) is 37.6 Å². The Morgan fingerprint density at radius 2 is 1.85 bits per heavy atom. The summed E-state index contributed by atoms with van der Waals surface area (Å²) in [5.74, 6) is 1.79. The normalized spacial score (nSPS) is 24.2. The Bertz CT molecular complexity index is 683. The van der Waals surface area contributed by atoms with Gasteiger partial charge in [0.15, 0.2) is 0 Å². The van der Waals surface area contributed by atoms with Crippen molar-refractivity contribution < 1.29 is 9.53 Å². The minimum absolute atomic E-state index is 0.0903. The average molecular weight is 357 g/mol.